The van der Waals surface area contributed by atoms with Gasteiger partial charge in [-0.15, -0.1) is 0 Å². The highest BCUT2D eigenvalue weighted by Gasteiger charge is 2.51. The normalized spacial score (nSPS) is 32.9. The minimum Gasteiger partial charge on any atom is -0.288 e. The monoisotopic (exact) mass is 216 g/mol. The first-order chi connectivity index (χ1) is 6.86. The van der Waals surface area contributed by atoms with Crippen LogP contribution in [0.15, 0.2) is 0 Å². The third-order valence-electron chi connectivity index (χ3n) is 2.85. The van der Waals surface area contributed by atoms with E-state index in [2.05, 4.69) is 0 Å². The van der Waals surface area contributed by atoms with Crippen molar-refractivity contribution in [2.75, 3.05) is 0 Å². The molecule has 0 spiro atoms. The van der Waals surface area contributed by atoms with E-state index in [1.165, 1.54) is 0 Å². The maximum absolute atomic E-state index is 11.0. The van der Waals surface area contributed by atoms with Gasteiger partial charge in [-0.3, -0.25) is 15.0 Å². The molecule has 88 valence electrons. The smallest absolute Gasteiger partial charge is 0.258 e. The Kier molecular flexibility index (Phi) is 3.67. The number of rotatable bonds is 3. The zero-order valence-electron chi connectivity index (χ0n) is 10.0. The number of hydrogen-bond donors (Lipinski definition) is 0. The summed E-state index contributed by atoms with van der Waals surface area (Å²) < 4.78 is 0. The summed E-state index contributed by atoms with van der Waals surface area (Å²) in [5.74, 6) is 0.216. The second kappa shape index (κ2) is 4.45. The van der Waals surface area contributed by atoms with Gasteiger partial charge in [0.15, 0.2) is 0 Å². The number of nitrogens with zero attached hydrogens (tertiary/aromatic N) is 2. The zero-order chi connectivity index (χ0) is 11.7. The Morgan fingerprint density at radius 3 is 2.20 bits per heavy atom. The number of hydrogen-bond acceptors (Lipinski definition) is 4. The molecule has 1 saturated heterocycles. The van der Waals surface area contributed by atoms with Crippen LogP contribution >= 0.6 is 0 Å². The van der Waals surface area contributed by atoms with Crippen molar-refractivity contribution in [3.8, 4) is 0 Å². The molecule has 15 heavy (non-hydrogen) atoms. The SMILES string of the molecule is CC(C)[C@H]1[C@@H]([N+](=O)[O-])[C@H](C)ON1C(C)C. The van der Waals surface area contributed by atoms with Crippen LogP contribution in [0, 0.1) is 16.0 Å². The topological polar surface area (TPSA) is 55.6 Å². The molecule has 0 aromatic carbocycles. The largest absolute Gasteiger partial charge is 0.288 e. The van der Waals surface area contributed by atoms with E-state index in [9.17, 15) is 10.1 Å². The van der Waals surface area contributed by atoms with Crippen molar-refractivity contribution >= 4 is 0 Å². The van der Waals surface area contributed by atoms with Gasteiger partial charge in [-0.2, -0.15) is 5.06 Å². The summed E-state index contributed by atoms with van der Waals surface area (Å²) >= 11 is 0. The summed E-state index contributed by atoms with van der Waals surface area (Å²) in [6.45, 7) is 9.75. The van der Waals surface area contributed by atoms with Crippen LogP contribution in [-0.4, -0.2) is 34.2 Å². The molecule has 0 saturated carbocycles. The molecular weight excluding hydrogens is 196 g/mol. The molecule has 0 N–H and O–H groups in total. The average Bonchev–Trinajstić information content (AvgIpc) is 2.42. The van der Waals surface area contributed by atoms with Gasteiger partial charge in [0.2, 0.25) is 0 Å². The summed E-state index contributed by atoms with van der Waals surface area (Å²) in [6, 6.07) is -0.577. The van der Waals surface area contributed by atoms with Crippen molar-refractivity contribution in [1.29, 1.82) is 0 Å². The van der Waals surface area contributed by atoms with Crippen LogP contribution in [0.3, 0.4) is 0 Å². The quantitative estimate of drug-likeness (QED) is 0.532. The molecule has 5 heteroatoms. The molecule has 1 fully saturated rings. The maximum Gasteiger partial charge on any atom is 0.258 e. The van der Waals surface area contributed by atoms with E-state index in [0.29, 0.717) is 0 Å². The Labute approximate surface area is 90.5 Å². The second-order valence-corrected chi connectivity index (χ2v) is 4.77. The molecule has 1 aliphatic rings. The van der Waals surface area contributed by atoms with Crippen molar-refractivity contribution in [2.24, 2.45) is 5.92 Å². The third kappa shape index (κ3) is 2.29. The van der Waals surface area contributed by atoms with E-state index in [0.717, 1.165) is 0 Å². The van der Waals surface area contributed by atoms with Gasteiger partial charge in [0, 0.05) is 11.0 Å². The van der Waals surface area contributed by atoms with Crippen LogP contribution in [0.4, 0.5) is 0 Å². The Morgan fingerprint density at radius 2 is 1.87 bits per heavy atom. The molecule has 0 aliphatic carbocycles. The summed E-state index contributed by atoms with van der Waals surface area (Å²) in [5.41, 5.74) is 0. The van der Waals surface area contributed by atoms with Crippen LogP contribution in [0.1, 0.15) is 34.6 Å². The van der Waals surface area contributed by atoms with Gasteiger partial charge < -0.3 is 0 Å². The standard InChI is InChI=1S/C10H20N2O3/c1-6(2)9-10(12(13)14)8(5)15-11(9)7(3)4/h6-10H,1-5H3/t8-,9-,10-/m0/s1. The molecule has 1 rings (SSSR count). The highest BCUT2D eigenvalue weighted by Crippen LogP contribution is 2.30. The van der Waals surface area contributed by atoms with Gasteiger partial charge in [0.1, 0.15) is 12.1 Å². The molecule has 1 aliphatic heterocycles. The van der Waals surface area contributed by atoms with E-state index < -0.39 is 6.04 Å². The molecular formula is C10H20N2O3. The van der Waals surface area contributed by atoms with Crippen LogP contribution in [-0.2, 0) is 4.84 Å². The molecule has 3 atom stereocenters. The highest BCUT2D eigenvalue weighted by atomic mass is 16.7. The molecule has 5 nitrogen and oxygen atoms in total. The minimum atomic E-state index is -0.618. The van der Waals surface area contributed by atoms with Gasteiger partial charge in [0.05, 0.1) is 0 Å². The number of hydroxylamine groups is 2. The summed E-state index contributed by atoms with van der Waals surface area (Å²) in [5, 5.41) is 12.8. The van der Waals surface area contributed by atoms with Crippen LogP contribution in [0.2, 0.25) is 0 Å². The molecule has 0 amide bonds. The molecule has 0 radical (unpaired) electrons. The Balaban J connectivity index is 2.93. The number of nitro groups is 1. The fraction of sp³-hybridized carbons (Fsp3) is 1.00. The lowest BCUT2D eigenvalue weighted by atomic mass is 9.94. The van der Waals surface area contributed by atoms with Crippen molar-refractivity contribution in [2.45, 2.75) is 58.8 Å². The van der Waals surface area contributed by atoms with Gasteiger partial charge in [-0.25, -0.2) is 0 Å². The predicted octanol–water partition coefficient (Wildman–Crippen LogP) is 1.70. The highest BCUT2D eigenvalue weighted by molar-refractivity contribution is 4.89. The van der Waals surface area contributed by atoms with Crippen molar-refractivity contribution in [3.05, 3.63) is 10.1 Å². The summed E-state index contributed by atoms with van der Waals surface area (Å²) in [4.78, 5) is 16.3. The van der Waals surface area contributed by atoms with Crippen molar-refractivity contribution in [3.63, 3.8) is 0 Å². The Morgan fingerprint density at radius 1 is 1.33 bits per heavy atom. The van der Waals surface area contributed by atoms with Gasteiger partial charge in [-0.1, -0.05) is 13.8 Å². The Hall–Kier alpha value is -0.680. The van der Waals surface area contributed by atoms with Crippen LogP contribution in [0.25, 0.3) is 0 Å². The zero-order valence-corrected chi connectivity index (χ0v) is 10.0. The first kappa shape index (κ1) is 12.4. The van der Waals surface area contributed by atoms with Crippen LogP contribution < -0.4 is 0 Å². The lowest BCUT2D eigenvalue weighted by Gasteiger charge is -2.28. The van der Waals surface area contributed by atoms with Gasteiger partial charge >= 0.3 is 0 Å². The van der Waals surface area contributed by atoms with E-state index in [1.54, 1.807) is 12.0 Å². The molecule has 0 aromatic heterocycles. The fourth-order valence-corrected chi connectivity index (χ4v) is 2.20. The fourth-order valence-electron chi connectivity index (χ4n) is 2.20. The third-order valence-corrected chi connectivity index (χ3v) is 2.85. The molecule has 1 heterocycles. The second-order valence-electron chi connectivity index (χ2n) is 4.77. The minimum absolute atomic E-state index is 0.130. The molecule has 0 unspecified atom stereocenters. The average molecular weight is 216 g/mol. The van der Waals surface area contributed by atoms with E-state index in [-0.39, 0.29) is 29.0 Å². The first-order valence-electron chi connectivity index (χ1n) is 5.44. The van der Waals surface area contributed by atoms with E-state index in [4.69, 9.17) is 4.84 Å². The first-order valence-corrected chi connectivity index (χ1v) is 5.44. The molecule has 0 bridgehead atoms. The van der Waals surface area contributed by atoms with Gasteiger partial charge in [0.25, 0.3) is 6.04 Å². The van der Waals surface area contributed by atoms with E-state index >= 15 is 0 Å². The predicted molar refractivity (Wildman–Crippen MR) is 56.9 cm³/mol. The van der Waals surface area contributed by atoms with Crippen molar-refractivity contribution < 1.29 is 9.76 Å². The van der Waals surface area contributed by atoms with E-state index in [1.807, 2.05) is 27.7 Å². The summed E-state index contributed by atoms with van der Waals surface area (Å²) in [6.07, 6.45) is -0.338. The lowest BCUT2D eigenvalue weighted by molar-refractivity contribution is -0.529. The summed E-state index contributed by atoms with van der Waals surface area (Å²) in [7, 11) is 0. The maximum atomic E-state index is 11.0. The van der Waals surface area contributed by atoms with Gasteiger partial charge in [-0.05, 0) is 26.7 Å². The van der Waals surface area contributed by atoms with Crippen LogP contribution in [0.5, 0.6) is 0 Å². The Bertz CT molecular complexity index is 243. The molecule has 0 aromatic rings. The lowest BCUT2D eigenvalue weighted by Crippen LogP contribution is -2.46. The van der Waals surface area contributed by atoms with Crippen molar-refractivity contribution in [1.82, 2.24) is 5.06 Å².